The number of alkyl halides is 2. The third kappa shape index (κ3) is 6.89. The first-order chi connectivity index (χ1) is 24.1. The van der Waals surface area contributed by atoms with Gasteiger partial charge in [-0.15, -0.1) is 0 Å². The van der Waals surface area contributed by atoms with Crippen molar-refractivity contribution >= 4 is 40.0 Å². The molecule has 1 unspecified atom stereocenters. The number of nitrogens with one attached hydrogen (secondary N) is 1. The molecule has 4 aromatic heterocycles. The molecule has 0 amide bonds. The number of nitrogens with zero attached hydrogens (tertiary/aromatic N) is 6. The summed E-state index contributed by atoms with van der Waals surface area (Å²) < 4.78 is 45.0. The first-order valence-corrected chi connectivity index (χ1v) is 16.2. The number of morpholine rings is 1. The van der Waals surface area contributed by atoms with Crippen molar-refractivity contribution in [2.24, 2.45) is 7.05 Å². The van der Waals surface area contributed by atoms with E-state index in [-0.39, 0.29) is 23.7 Å². The molecule has 2 N–H and O–H groups in total. The lowest BCUT2D eigenvalue weighted by Gasteiger charge is -2.53. The summed E-state index contributed by atoms with van der Waals surface area (Å²) in [6, 6.07) is 9.25. The van der Waals surface area contributed by atoms with Gasteiger partial charge in [-0.1, -0.05) is 24.0 Å². The number of para-hydroxylation sites is 1. The number of pyridine rings is 1. The highest BCUT2D eigenvalue weighted by Crippen LogP contribution is 2.36. The molecule has 15 heteroatoms. The molecule has 7 heterocycles. The van der Waals surface area contributed by atoms with Gasteiger partial charge in [0.1, 0.15) is 22.4 Å². The summed E-state index contributed by atoms with van der Waals surface area (Å²) in [5, 5.41) is 11.9. The second-order valence-corrected chi connectivity index (χ2v) is 12.2. The molecule has 8 rings (SSSR count). The summed E-state index contributed by atoms with van der Waals surface area (Å²) in [6.45, 7) is 7.78. The molecule has 0 aliphatic carbocycles. The highest BCUT2D eigenvalue weighted by molar-refractivity contribution is 6.05. The van der Waals surface area contributed by atoms with Gasteiger partial charge < -0.3 is 33.8 Å². The average Bonchev–Trinajstić information content (AvgIpc) is 3.83. The Balaban J connectivity index is 0.000000163. The van der Waals surface area contributed by atoms with Crippen molar-refractivity contribution in [2.75, 3.05) is 49.3 Å². The van der Waals surface area contributed by atoms with Gasteiger partial charge in [0.2, 0.25) is 0 Å². The summed E-state index contributed by atoms with van der Waals surface area (Å²) >= 11 is 0. The maximum atomic E-state index is 13.1. The lowest BCUT2D eigenvalue weighted by atomic mass is 9.90. The van der Waals surface area contributed by atoms with Gasteiger partial charge in [-0.2, -0.15) is 5.10 Å². The molecule has 1 atom stereocenters. The number of aryl methyl sites for hydroxylation is 2. The van der Waals surface area contributed by atoms with Crippen LogP contribution in [0.2, 0.25) is 0 Å². The Morgan fingerprint density at radius 3 is 2.54 bits per heavy atom. The Morgan fingerprint density at radius 2 is 1.88 bits per heavy atom. The van der Waals surface area contributed by atoms with Crippen molar-refractivity contribution < 1.29 is 32.6 Å². The number of H-pyrrole nitrogens is 1. The van der Waals surface area contributed by atoms with Crippen LogP contribution < -0.4 is 15.4 Å². The van der Waals surface area contributed by atoms with E-state index in [1.165, 1.54) is 0 Å². The van der Waals surface area contributed by atoms with Crippen LogP contribution in [0, 0.1) is 18.8 Å². The third-order valence-electron chi connectivity index (χ3n) is 9.01. The van der Waals surface area contributed by atoms with Gasteiger partial charge in [0.25, 0.3) is 18.5 Å². The molecule has 3 aliphatic rings. The summed E-state index contributed by atoms with van der Waals surface area (Å²) in [6.07, 6.45) is 2.92. The van der Waals surface area contributed by atoms with Gasteiger partial charge in [0, 0.05) is 50.0 Å². The summed E-state index contributed by atoms with van der Waals surface area (Å²) in [4.78, 5) is 35.8. The number of aromatic amines is 1. The minimum absolute atomic E-state index is 0.0647. The maximum Gasteiger partial charge on any atom is 0.297 e. The number of carbonyl (C=O) groups is 1. The van der Waals surface area contributed by atoms with Crippen molar-refractivity contribution in [2.45, 2.75) is 44.8 Å². The van der Waals surface area contributed by atoms with Crippen LogP contribution in [0.1, 0.15) is 48.8 Å². The molecule has 3 aliphatic heterocycles. The first kappa shape index (κ1) is 34.5. The number of ether oxygens (including phenoxy) is 2. The Bertz CT molecular complexity index is 2110. The second kappa shape index (κ2) is 14.7. The van der Waals surface area contributed by atoms with Crippen molar-refractivity contribution in [3.8, 4) is 11.8 Å². The fourth-order valence-electron chi connectivity index (χ4n) is 6.36. The Kier molecular flexibility index (Phi) is 10.1. The molecular weight excluding hydrogens is 652 g/mol. The lowest BCUT2D eigenvalue weighted by Crippen LogP contribution is -2.68. The third-order valence-corrected chi connectivity index (χ3v) is 9.01. The highest BCUT2D eigenvalue weighted by atomic mass is 19.3. The van der Waals surface area contributed by atoms with E-state index < -0.39 is 12.2 Å². The van der Waals surface area contributed by atoms with Gasteiger partial charge >= 0.3 is 0 Å². The molecule has 3 saturated heterocycles. The van der Waals surface area contributed by atoms with Crippen molar-refractivity contribution in [3.05, 3.63) is 75.7 Å². The van der Waals surface area contributed by atoms with E-state index in [9.17, 15) is 13.6 Å². The monoisotopic (exact) mass is 689 g/mol. The molecule has 0 saturated carbocycles. The van der Waals surface area contributed by atoms with Crippen LogP contribution in [0.25, 0.3) is 22.1 Å². The molecule has 0 radical (unpaired) electrons. The summed E-state index contributed by atoms with van der Waals surface area (Å²) in [5.74, 6) is 6.32. The van der Waals surface area contributed by atoms with Crippen LogP contribution in [-0.4, -0.2) is 87.4 Å². The molecule has 1 aromatic carbocycles. The topological polar surface area (TPSA) is 152 Å². The van der Waals surface area contributed by atoms with Gasteiger partial charge in [0.15, 0.2) is 17.2 Å². The minimum atomic E-state index is -2.69. The van der Waals surface area contributed by atoms with Gasteiger partial charge in [-0.3, -0.25) is 14.3 Å². The van der Waals surface area contributed by atoms with E-state index >= 15 is 0 Å². The van der Waals surface area contributed by atoms with Crippen LogP contribution >= 0.6 is 0 Å². The van der Waals surface area contributed by atoms with Crippen molar-refractivity contribution in [3.63, 3.8) is 0 Å². The number of hydrogen-bond donors (Lipinski definition) is 2. The SMILES string of the molecule is Cc1nn(C)cc1C#Cc1c[nH]c(=O)c(N2CCOC3(COC3)C2C)c1.FC(F)c1nc(N2CCCC2)c2oc3ccccc3c2n1.O=CO. The number of rotatable bonds is 3. The summed E-state index contributed by atoms with van der Waals surface area (Å²) in [7, 11) is 1.87. The van der Waals surface area contributed by atoms with E-state index in [1.54, 1.807) is 10.9 Å². The average molecular weight is 690 g/mol. The molecule has 50 heavy (non-hydrogen) atoms. The normalized spacial score (nSPS) is 17.8. The van der Waals surface area contributed by atoms with Crippen LogP contribution in [0.5, 0.6) is 0 Å². The zero-order valence-electron chi connectivity index (χ0n) is 27.9. The second-order valence-electron chi connectivity index (χ2n) is 12.2. The zero-order chi connectivity index (χ0) is 35.4. The van der Waals surface area contributed by atoms with E-state index in [1.807, 2.05) is 55.4 Å². The Morgan fingerprint density at radius 1 is 1.14 bits per heavy atom. The molecule has 3 fully saturated rings. The van der Waals surface area contributed by atoms with Crippen molar-refractivity contribution in [1.29, 1.82) is 0 Å². The van der Waals surface area contributed by atoms with Crippen LogP contribution in [0.4, 0.5) is 20.3 Å². The van der Waals surface area contributed by atoms with Crippen LogP contribution in [-0.2, 0) is 21.3 Å². The molecule has 1 spiro atoms. The van der Waals surface area contributed by atoms with Gasteiger partial charge in [-0.25, -0.2) is 18.7 Å². The largest absolute Gasteiger partial charge is 0.483 e. The zero-order valence-corrected chi connectivity index (χ0v) is 27.9. The van der Waals surface area contributed by atoms with E-state index in [0.717, 1.165) is 48.1 Å². The molecule has 5 aromatic rings. The van der Waals surface area contributed by atoms with E-state index in [2.05, 4.69) is 43.7 Å². The van der Waals surface area contributed by atoms with Crippen molar-refractivity contribution in [1.82, 2.24) is 24.7 Å². The molecular formula is C35H37F2N7O6. The number of anilines is 2. The molecule has 0 bridgehead atoms. The fraction of sp³-hybridized carbons (Fsp3) is 0.400. The highest BCUT2D eigenvalue weighted by Gasteiger charge is 2.50. The molecule has 262 valence electrons. The minimum Gasteiger partial charge on any atom is -0.483 e. The van der Waals surface area contributed by atoms with Crippen LogP contribution in [0.15, 0.2) is 51.9 Å². The van der Waals surface area contributed by atoms with Gasteiger partial charge in [-0.05, 0) is 44.9 Å². The fourth-order valence-corrected chi connectivity index (χ4v) is 6.36. The molecule has 13 nitrogen and oxygen atoms in total. The standard InChI is InChI=1S/C19H22N4O3.C15H13F2N3O.CH2O2/c1-13-16(10-22(3)21-13)5-4-15-8-17(18(24)20-9-15)23-6-7-26-19(14(23)2)11-25-12-19;16-13(17)14-18-11-9-5-1-2-6-10(9)21-12(11)15(19-14)20-7-3-4-8-20;2-1-3/h8-10,14H,6-7,11-12H2,1-3H3,(H,20,24);1-2,5-6,13H,3-4,7-8H2;1H,(H,2,3). The summed E-state index contributed by atoms with van der Waals surface area (Å²) in [5.41, 5.74) is 4.36. The number of halogens is 2. The number of carboxylic acid groups (broad SMARTS) is 1. The number of hydrogen-bond acceptors (Lipinski definition) is 10. The van der Waals surface area contributed by atoms with E-state index in [0.29, 0.717) is 54.6 Å². The number of benzene rings is 1. The van der Waals surface area contributed by atoms with E-state index in [4.69, 9.17) is 23.8 Å². The number of aromatic nitrogens is 5. The predicted octanol–water partition coefficient (Wildman–Crippen LogP) is 4.43. The maximum absolute atomic E-state index is 13.1. The predicted molar refractivity (Wildman–Crippen MR) is 182 cm³/mol. The van der Waals surface area contributed by atoms with Crippen LogP contribution in [0.3, 0.4) is 0 Å². The smallest absolute Gasteiger partial charge is 0.297 e. The van der Waals surface area contributed by atoms with Gasteiger partial charge in [0.05, 0.1) is 37.1 Å². The number of fused-ring (bicyclic) bond motifs is 3. The Hall–Kier alpha value is -5.33. The quantitative estimate of drug-likeness (QED) is 0.205. The number of furan rings is 1. The Labute approximate surface area is 285 Å². The lowest BCUT2D eigenvalue weighted by molar-refractivity contribution is -0.228. The first-order valence-electron chi connectivity index (χ1n) is 16.2.